The number of thioether (sulfide) groups is 1. The van der Waals surface area contributed by atoms with Gasteiger partial charge >= 0.3 is 0 Å². The topological polar surface area (TPSA) is 69.7 Å². The van der Waals surface area contributed by atoms with Gasteiger partial charge in [-0.15, -0.1) is 0 Å². The van der Waals surface area contributed by atoms with Crippen LogP contribution in [0.3, 0.4) is 0 Å². The Morgan fingerprint density at radius 1 is 1.07 bits per heavy atom. The van der Waals surface area contributed by atoms with Crippen molar-refractivity contribution in [1.29, 1.82) is 0 Å². The van der Waals surface area contributed by atoms with Gasteiger partial charge in [0, 0.05) is 43.3 Å². The zero-order valence-corrected chi connectivity index (χ0v) is 17.7. The fraction of sp³-hybridized carbons (Fsp3) is 0.318. The summed E-state index contributed by atoms with van der Waals surface area (Å²) in [5.41, 5.74) is 1.06. The first-order valence-corrected chi connectivity index (χ1v) is 10.5. The van der Waals surface area contributed by atoms with Crippen molar-refractivity contribution in [3.8, 4) is 0 Å². The molecule has 2 aromatic rings. The van der Waals surface area contributed by atoms with E-state index in [9.17, 15) is 18.8 Å². The number of carbonyl (C=O) groups is 3. The molecule has 0 saturated carbocycles. The molecular weight excluding hydrogens is 405 g/mol. The van der Waals surface area contributed by atoms with Gasteiger partial charge in [-0.25, -0.2) is 4.39 Å². The minimum atomic E-state index is -0.391. The Kier molecular flexibility index (Phi) is 7.10. The van der Waals surface area contributed by atoms with Crippen LogP contribution in [0.2, 0.25) is 0 Å². The Morgan fingerprint density at radius 2 is 1.73 bits per heavy atom. The molecular formula is C22H24FN3O3S. The molecule has 0 spiro atoms. The molecule has 1 unspecified atom stereocenters. The lowest BCUT2D eigenvalue weighted by Crippen LogP contribution is -2.43. The number of rotatable bonds is 4. The summed E-state index contributed by atoms with van der Waals surface area (Å²) in [6.45, 7) is 0.902. The van der Waals surface area contributed by atoms with E-state index >= 15 is 0 Å². The molecule has 1 fully saturated rings. The third kappa shape index (κ3) is 5.60. The lowest BCUT2D eigenvalue weighted by Gasteiger charge is -2.32. The average molecular weight is 430 g/mol. The first kappa shape index (κ1) is 21.8. The van der Waals surface area contributed by atoms with Gasteiger partial charge in [-0.05, 0) is 73.1 Å². The zero-order chi connectivity index (χ0) is 21.7. The van der Waals surface area contributed by atoms with Gasteiger partial charge in [0.05, 0.1) is 5.92 Å². The Bertz CT molecular complexity index is 916. The summed E-state index contributed by atoms with van der Waals surface area (Å²) in [6, 6.07) is 12.5. The number of nitrogens with one attached hydrogen (secondary N) is 1. The molecule has 0 radical (unpaired) electrons. The first-order valence-electron chi connectivity index (χ1n) is 9.68. The Balaban J connectivity index is 1.58. The van der Waals surface area contributed by atoms with Crippen molar-refractivity contribution < 1.29 is 18.8 Å². The van der Waals surface area contributed by atoms with Gasteiger partial charge in [-0.2, -0.15) is 0 Å². The maximum Gasteiger partial charge on any atom is 0.285 e. The highest BCUT2D eigenvalue weighted by atomic mass is 32.2. The summed E-state index contributed by atoms with van der Waals surface area (Å²) >= 11 is 1.12. The molecule has 0 aliphatic carbocycles. The molecule has 1 saturated heterocycles. The second kappa shape index (κ2) is 9.75. The van der Waals surface area contributed by atoms with Gasteiger partial charge in [0.25, 0.3) is 11.1 Å². The standard InChI is InChI=1S/C22H24FN3O3S/c1-25(2)22(29)30-19-11-9-18(10-12-19)24-20(27)16-4-3-13-26(14-16)21(28)15-5-7-17(23)8-6-15/h5-12,16H,3-4,13-14H2,1-2H3,(H,24,27). The summed E-state index contributed by atoms with van der Waals surface area (Å²) in [6.07, 6.45) is 1.43. The van der Waals surface area contributed by atoms with Crippen LogP contribution < -0.4 is 5.32 Å². The van der Waals surface area contributed by atoms with Crippen molar-refractivity contribution in [2.45, 2.75) is 17.7 Å². The maximum atomic E-state index is 13.1. The normalized spacial score (nSPS) is 16.1. The summed E-state index contributed by atoms with van der Waals surface area (Å²) in [5, 5.41) is 2.82. The van der Waals surface area contributed by atoms with Crippen molar-refractivity contribution >= 4 is 34.5 Å². The van der Waals surface area contributed by atoms with Crippen LogP contribution in [0.25, 0.3) is 0 Å². The number of hydrogen-bond donors (Lipinski definition) is 1. The third-order valence-corrected chi connectivity index (χ3v) is 5.91. The van der Waals surface area contributed by atoms with Crippen molar-refractivity contribution in [3.05, 3.63) is 59.9 Å². The molecule has 0 aromatic heterocycles. The van der Waals surface area contributed by atoms with E-state index in [4.69, 9.17) is 0 Å². The van der Waals surface area contributed by atoms with E-state index in [1.807, 2.05) is 0 Å². The van der Waals surface area contributed by atoms with Gasteiger partial charge in [0.2, 0.25) is 5.91 Å². The van der Waals surface area contributed by atoms with Gasteiger partial charge < -0.3 is 15.1 Å². The predicted molar refractivity (Wildman–Crippen MR) is 115 cm³/mol. The van der Waals surface area contributed by atoms with Crippen LogP contribution in [0.5, 0.6) is 0 Å². The van der Waals surface area contributed by atoms with Crippen LogP contribution in [0.4, 0.5) is 14.9 Å². The van der Waals surface area contributed by atoms with Gasteiger partial charge in [0.15, 0.2) is 0 Å². The number of piperidine rings is 1. The van der Waals surface area contributed by atoms with E-state index < -0.39 is 5.82 Å². The zero-order valence-electron chi connectivity index (χ0n) is 16.9. The summed E-state index contributed by atoms with van der Waals surface area (Å²) in [7, 11) is 3.39. The average Bonchev–Trinajstić information content (AvgIpc) is 2.75. The summed E-state index contributed by atoms with van der Waals surface area (Å²) in [5.74, 6) is -1.04. The molecule has 1 heterocycles. The Hall–Kier alpha value is -2.87. The number of anilines is 1. The van der Waals surface area contributed by atoms with Crippen molar-refractivity contribution in [3.63, 3.8) is 0 Å². The van der Waals surface area contributed by atoms with E-state index in [0.717, 1.165) is 23.1 Å². The Labute approximate surface area is 179 Å². The van der Waals surface area contributed by atoms with E-state index in [-0.39, 0.29) is 23.0 Å². The highest BCUT2D eigenvalue weighted by molar-refractivity contribution is 8.13. The number of amides is 3. The largest absolute Gasteiger partial charge is 0.339 e. The van der Waals surface area contributed by atoms with Crippen LogP contribution in [-0.4, -0.2) is 54.0 Å². The van der Waals surface area contributed by atoms with E-state index in [1.54, 1.807) is 43.3 Å². The highest BCUT2D eigenvalue weighted by Crippen LogP contribution is 2.24. The quantitative estimate of drug-likeness (QED) is 0.744. The number of hydrogen-bond acceptors (Lipinski definition) is 4. The van der Waals surface area contributed by atoms with Crippen LogP contribution in [0.15, 0.2) is 53.4 Å². The molecule has 1 N–H and O–H groups in total. The monoisotopic (exact) mass is 429 g/mol. The molecule has 158 valence electrons. The molecule has 1 aliphatic heterocycles. The fourth-order valence-corrected chi connectivity index (χ4v) is 3.85. The van der Waals surface area contributed by atoms with E-state index in [1.165, 1.54) is 29.2 Å². The number of nitrogens with zero attached hydrogens (tertiary/aromatic N) is 2. The summed E-state index contributed by atoms with van der Waals surface area (Å²) < 4.78 is 13.1. The SMILES string of the molecule is CN(C)C(=O)Sc1ccc(NC(=O)C2CCCN(C(=O)c3ccc(F)cc3)C2)cc1. The van der Waals surface area contributed by atoms with Crippen LogP contribution in [0.1, 0.15) is 23.2 Å². The second-order valence-electron chi connectivity index (χ2n) is 7.37. The van der Waals surface area contributed by atoms with Crippen LogP contribution in [0, 0.1) is 11.7 Å². The second-order valence-corrected chi connectivity index (χ2v) is 8.40. The lowest BCUT2D eigenvalue weighted by atomic mass is 9.96. The minimum absolute atomic E-state index is 0.0695. The number of benzene rings is 2. The van der Waals surface area contributed by atoms with Gasteiger partial charge in [-0.3, -0.25) is 14.4 Å². The van der Waals surface area contributed by atoms with Gasteiger partial charge in [0.1, 0.15) is 5.82 Å². The Morgan fingerprint density at radius 3 is 2.37 bits per heavy atom. The maximum absolute atomic E-state index is 13.1. The predicted octanol–water partition coefficient (Wildman–Crippen LogP) is 4.09. The molecule has 0 bridgehead atoms. The molecule has 2 aromatic carbocycles. The van der Waals surface area contributed by atoms with Crippen LogP contribution >= 0.6 is 11.8 Å². The number of carbonyl (C=O) groups excluding carboxylic acids is 3. The van der Waals surface area contributed by atoms with Crippen molar-refractivity contribution in [1.82, 2.24) is 9.80 Å². The minimum Gasteiger partial charge on any atom is -0.339 e. The molecule has 8 heteroatoms. The van der Waals surface area contributed by atoms with Crippen molar-refractivity contribution in [2.75, 3.05) is 32.5 Å². The third-order valence-electron chi connectivity index (χ3n) is 4.86. The highest BCUT2D eigenvalue weighted by Gasteiger charge is 2.29. The van der Waals surface area contributed by atoms with Gasteiger partial charge in [-0.1, -0.05) is 0 Å². The first-order chi connectivity index (χ1) is 14.3. The summed E-state index contributed by atoms with van der Waals surface area (Å²) in [4.78, 5) is 41.0. The smallest absolute Gasteiger partial charge is 0.285 e. The van der Waals surface area contributed by atoms with E-state index in [2.05, 4.69) is 5.32 Å². The molecule has 1 atom stereocenters. The molecule has 3 amide bonds. The molecule has 3 rings (SSSR count). The van der Waals surface area contributed by atoms with E-state index in [0.29, 0.717) is 30.8 Å². The molecule has 30 heavy (non-hydrogen) atoms. The van der Waals surface area contributed by atoms with Crippen LogP contribution in [-0.2, 0) is 4.79 Å². The fourth-order valence-electron chi connectivity index (χ4n) is 3.19. The lowest BCUT2D eigenvalue weighted by molar-refractivity contribution is -0.121. The number of likely N-dealkylation sites (tertiary alicyclic amines) is 1. The van der Waals surface area contributed by atoms with Crippen molar-refractivity contribution in [2.24, 2.45) is 5.92 Å². The molecule has 6 nitrogen and oxygen atoms in total. The number of halogens is 1. The molecule has 1 aliphatic rings.